The Morgan fingerprint density at radius 3 is 2.60 bits per heavy atom. The molecule has 3 N–H and O–H groups in total. The highest BCUT2D eigenvalue weighted by atomic mass is 16.5. The number of hydrogen-bond acceptors (Lipinski definition) is 3. The van der Waals surface area contributed by atoms with Crippen molar-refractivity contribution >= 4 is 5.69 Å². The number of para-hydroxylation sites is 2. The summed E-state index contributed by atoms with van der Waals surface area (Å²) in [4.78, 5) is 0. The highest BCUT2D eigenvalue weighted by Gasteiger charge is 1.93. The van der Waals surface area contributed by atoms with E-state index >= 15 is 0 Å². The molecular weight excluding hydrogens is 190 g/mol. The highest BCUT2D eigenvalue weighted by Crippen LogP contribution is 2.18. The molecule has 2 rings (SSSR count). The lowest BCUT2D eigenvalue weighted by Crippen LogP contribution is -1.95. The first kappa shape index (κ1) is 11.1. The maximum atomic E-state index is 5.58. The lowest BCUT2D eigenvalue weighted by atomic mass is 10.3. The monoisotopic (exact) mass is 205 g/mol. The van der Waals surface area contributed by atoms with Gasteiger partial charge in [0, 0.05) is 12.4 Å². The van der Waals surface area contributed by atoms with Crippen LogP contribution in [-0.4, -0.2) is 16.8 Å². The molecule has 0 aliphatic heterocycles. The van der Waals surface area contributed by atoms with Crippen LogP contribution in [0.15, 0.2) is 42.7 Å². The van der Waals surface area contributed by atoms with E-state index in [2.05, 4.69) is 10.2 Å². The first-order valence-corrected chi connectivity index (χ1v) is 4.75. The number of nitrogens with zero attached hydrogens (tertiary/aromatic N) is 1. The van der Waals surface area contributed by atoms with Gasteiger partial charge in [-0.3, -0.25) is 5.10 Å². The number of benzene rings is 1. The molecule has 15 heavy (non-hydrogen) atoms. The van der Waals surface area contributed by atoms with Crippen LogP contribution >= 0.6 is 0 Å². The maximum absolute atomic E-state index is 5.58. The second kappa shape index (κ2) is 6.48. The number of H-pyrrole nitrogens is 1. The van der Waals surface area contributed by atoms with E-state index < -0.39 is 0 Å². The van der Waals surface area contributed by atoms with Crippen molar-refractivity contribution in [1.29, 1.82) is 0 Å². The van der Waals surface area contributed by atoms with Crippen molar-refractivity contribution in [3.8, 4) is 5.75 Å². The molecular formula is C11H15N3O. The van der Waals surface area contributed by atoms with Crippen molar-refractivity contribution in [3.63, 3.8) is 0 Å². The van der Waals surface area contributed by atoms with Crippen molar-refractivity contribution in [2.24, 2.45) is 0 Å². The number of ether oxygens (including phenoxy) is 1. The van der Waals surface area contributed by atoms with Gasteiger partial charge in [-0.25, -0.2) is 0 Å². The molecule has 4 nitrogen and oxygen atoms in total. The van der Waals surface area contributed by atoms with E-state index in [-0.39, 0.29) is 0 Å². The normalized spacial score (nSPS) is 8.87. The molecule has 0 aliphatic carbocycles. The number of nitrogen functional groups attached to an aromatic ring is 1. The van der Waals surface area contributed by atoms with E-state index in [1.807, 2.05) is 37.3 Å². The van der Waals surface area contributed by atoms with Crippen LogP contribution in [0.25, 0.3) is 0 Å². The fourth-order valence-electron chi connectivity index (χ4n) is 0.983. The van der Waals surface area contributed by atoms with Crippen LogP contribution in [0.3, 0.4) is 0 Å². The summed E-state index contributed by atoms with van der Waals surface area (Å²) in [6.45, 7) is 2.60. The Morgan fingerprint density at radius 1 is 1.33 bits per heavy atom. The van der Waals surface area contributed by atoms with E-state index in [1.165, 1.54) is 0 Å². The Balaban J connectivity index is 0.000000187. The zero-order chi connectivity index (χ0) is 10.9. The van der Waals surface area contributed by atoms with Crippen molar-refractivity contribution < 1.29 is 4.74 Å². The van der Waals surface area contributed by atoms with Crippen molar-refractivity contribution in [2.45, 2.75) is 6.92 Å². The lowest BCUT2D eigenvalue weighted by molar-refractivity contribution is 0.342. The van der Waals surface area contributed by atoms with Crippen LogP contribution in [0.5, 0.6) is 5.75 Å². The SMILES string of the molecule is CCOc1ccccc1N.c1cn[nH]c1. The number of aromatic amines is 1. The van der Waals surface area contributed by atoms with Gasteiger partial charge < -0.3 is 10.5 Å². The smallest absolute Gasteiger partial charge is 0.142 e. The van der Waals surface area contributed by atoms with Crippen molar-refractivity contribution in [2.75, 3.05) is 12.3 Å². The Bertz CT molecular complexity index is 343. The summed E-state index contributed by atoms with van der Waals surface area (Å²) < 4.78 is 5.21. The predicted molar refractivity (Wildman–Crippen MR) is 60.6 cm³/mol. The predicted octanol–water partition coefficient (Wildman–Crippen LogP) is 2.08. The van der Waals surface area contributed by atoms with Crippen LogP contribution < -0.4 is 10.5 Å². The Kier molecular flexibility index (Phi) is 4.80. The van der Waals surface area contributed by atoms with Gasteiger partial charge in [0.1, 0.15) is 5.75 Å². The van der Waals surface area contributed by atoms with Gasteiger partial charge in [0.05, 0.1) is 12.3 Å². The fraction of sp³-hybridized carbons (Fsp3) is 0.182. The van der Waals surface area contributed by atoms with Crippen molar-refractivity contribution in [1.82, 2.24) is 10.2 Å². The Morgan fingerprint density at radius 2 is 2.13 bits per heavy atom. The second-order valence-electron chi connectivity index (χ2n) is 2.74. The highest BCUT2D eigenvalue weighted by molar-refractivity contribution is 5.51. The summed E-state index contributed by atoms with van der Waals surface area (Å²) in [5, 5.41) is 6.21. The minimum Gasteiger partial charge on any atom is -0.492 e. The molecule has 1 heterocycles. The molecule has 0 saturated carbocycles. The molecule has 1 aromatic heterocycles. The van der Waals surface area contributed by atoms with E-state index in [9.17, 15) is 0 Å². The zero-order valence-electron chi connectivity index (χ0n) is 8.68. The largest absolute Gasteiger partial charge is 0.492 e. The average molecular weight is 205 g/mol. The number of rotatable bonds is 2. The summed E-state index contributed by atoms with van der Waals surface area (Å²) in [7, 11) is 0. The molecule has 0 bridgehead atoms. The molecule has 4 heteroatoms. The van der Waals surface area contributed by atoms with Gasteiger partial charge in [-0.2, -0.15) is 5.10 Å². The van der Waals surface area contributed by atoms with Crippen LogP contribution in [0, 0.1) is 0 Å². The molecule has 0 atom stereocenters. The minimum absolute atomic E-state index is 0.661. The molecule has 0 spiro atoms. The average Bonchev–Trinajstić information content (AvgIpc) is 2.80. The second-order valence-corrected chi connectivity index (χ2v) is 2.74. The molecule has 0 radical (unpaired) electrons. The van der Waals surface area contributed by atoms with E-state index in [0.717, 1.165) is 5.75 Å². The van der Waals surface area contributed by atoms with Gasteiger partial charge in [0.25, 0.3) is 0 Å². The third-order valence-electron chi connectivity index (χ3n) is 1.62. The molecule has 0 aliphatic rings. The summed E-state index contributed by atoms with van der Waals surface area (Å²) >= 11 is 0. The van der Waals surface area contributed by atoms with Crippen molar-refractivity contribution in [3.05, 3.63) is 42.7 Å². The van der Waals surface area contributed by atoms with E-state index in [0.29, 0.717) is 12.3 Å². The van der Waals surface area contributed by atoms with Gasteiger partial charge in [-0.15, -0.1) is 0 Å². The maximum Gasteiger partial charge on any atom is 0.142 e. The molecule has 0 fully saturated rings. The third-order valence-corrected chi connectivity index (χ3v) is 1.62. The quantitative estimate of drug-likeness (QED) is 0.738. The molecule has 2 aromatic rings. The number of nitrogens with one attached hydrogen (secondary N) is 1. The van der Waals surface area contributed by atoms with Crippen LogP contribution in [-0.2, 0) is 0 Å². The zero-order valence-corrected chi connectivity index (χ0v) is 8.68. The fourth-order valence-corrected chi connectivity index (χ4v) is 0.983. The van der Waals surface area contributed by atoms with E-state index in [4.69, 9.17) is 10.5 Å². The summed E-state index contributed by atoms with van der Waals surface area (Å²) in [6, 6.07) is 9.31. The first-order valence-electron chi connectivity index (χ1n) is 4.75. The molecule has 0 unspecified atom stereocenters. The molecule has 80 valence electrons. The van der Waals surface area contributed by atoms with Gasteiger partial charge >= 0.3 is 0 Å². The Hall–Kier alpha value is -1.97. The van der Waals surface area contributed by atoms with Crippen LogP contribution in [0.2, 0.25) is 0 Å². The number of aromatic nitrogens is 2. The summed E-state index contributed by atoms with van der Waals surface area (Å²) in [5.74, 6) is 0.769. The first-order chi connectivity index (χ1) is 7.34. The minimum atomic E-state index is 0.661. The van der Waals surface area contributed by atoms with Crippen LogP contribution in [0.1, 0.15) is 6.92 Å². The summed E-state index contributed by atoms with van der Waals surface area (Å²) in [5.41, 5.74) is 6.28. The Labute approximate surface area is 89.1 Å². The third kappa shape index (κ3) is 4.17. The van der Waals surface area contributed by atoms with Gasteiger partial charge in [0.2, 0.25) is 0 Å². The van der Waals surface area contributed by atoms with Gasteiger partial charge in [-0.05, 0) is 25.1 Å². The standard InChI is InChI=1S/C8H11NO.C3H4N2/c1-2-10-8-6-4-3-5-7(8)9;1-2-4-5-3-1/h3-6H,2,9H2,1H3;1-3H,(H,4,5). The number of anilines is 1. The van der Waals surface area contributed by atoms with Gasteiger partial charge in [0.15, 0.2) is 0 Å². The summed E-state index contributed by atoms with van der Waals surface area (Å²) in [6.07, 6.45) is 3.46. The van der Waals surface area contributed by atoms with E-state index in [1.54, 1.807) is 12.4 Å². The molecule has 0 amide bonds. The molecule has 0 saturated heterocycles. The lowest BCUT2D eigenvalue weighted by Gasteiger charge is -2.04. The number of hydrogen-bond donors (Lipinski definition) is 2. The molecule has 1 aromatic carbocycles. The topological polar surface area (TPSA) is 63.9 Å². The van der Waals surface area contributed by atoms with Crippen LogP contribution in [0.4, 0.5) is 5.69 Å². The number of nitrogens with two attached hydrogens (primary N) is 1. The van der Waals surface area contributed by atoms with Gasteiger partial charge in [-0.1, -0.05) is 12.1 Å².